The van der Waals surface area contributed by atoms with Crippen molar-refractivity contribution in [2.75, 3.05) is 27.2 Å². The topological polar surface area (TPSA) is 45.9 Å². The van der Waals surface area contributed by atoms with Gasteiger partial charge in [0.05, 0.1) is 25.7 Å². The number of carbonyl (C=O) groups excluding carboxylic acids is 1. The van der Waals surface area contributed by atoms with Gasteiger partial charge >= 0.3 is 0 Å². The van der Waals surface area contributed by atoms with Gasteiger partial charge in [0.2, 0.25) is 5.91 Å². The van der Waals surface area contributed by atoms with E-state index in [-0.39, 0.29) is 17.4 Å². The Kier molecular flexibility index (Phi) is 5.26. The van der Waals surface area contributed by atoms with Crippen molar-refractivity contribution in [3.8, 4) is 5.75 Å². The molecule has 2 bridgehead atoms. The molecule has 0 spiro atoms. The number of piperidine rings is 1. The minimum atomic E-state index is -0.103. The van der Waals surface area contributed by atoms with Gasteiger partial charge in [-0.2, -0.15) is 0 Å². The Hall–Kier alpha value is -2.53. The van der Waals surface area contributed by atoms with E-state index in [4.69, 9.17) is 9.15 Å². The Labute approximate surface area is 172 Å². The molecule has 1 unspecified atom stereocenters. The van der Waals surface area contributed by atoms with E-state index in [9.17, 15) is 4.79 Å². The van der Waals surface area contributed by atoms with E-state index in [0.717, 1.165) is 30.7 Å². The number of methoxy groups -OCH3 is 1. The number of fused-ring (bicyclic) bond motifs is 4. The molecule has 2 aromatic rings. The summed E-state index contributed by atoms with van der Waals surface area (Å²) in [5.74, 6) is 0.937. The summed E-state index contributed by atoms with van der Waals surface area (Å²) in [6.07, 6.45) is 8.73. The first-order chi connectivity index (χ1) is 14.0. The first-order valence-corrected chi connectivity index (χ1v) is 10.4. The van der Waals surface area contributed by atoms with Crippen LogP contribution < -0.4 is 4.74 Å². The van der Waals surface area contributed by atoms with Crippen LogP contribution in [0.2, 0.25) is 0 Å². The number of hydrogen-bond acceptors (Lipinski definition) is 4. The molecule has 1 aromatic carbocycles. The molecular formula is C24H30N2O3. The average molecular weight is 395 g/mol. The number of benzene rings is 1. The fourth-order valence-electron chi connectivity index (χ4n) is 5.24. The maximum Gasteiger partial charge on any atom is 0.246 e. The van der Waals surface area contributed by atoms with Gasteiger partial charge in [-0.25, -0.2) is 0 Å². The number of likely N-dealkylation sites (tertiary alicyclic amines) is 1. The molecule has 0 radical (unpaired) electrons. The highest BCUT2D eigenvalue weighted by Gasteiger charge is 2.52. The van der Waals surface area contributed by atoms with Crippen LogP contribution in [0.25, 0.3) is 6.08 Å². The fraction of sp³-hybridized carbons (Fsp3) is 0.458. The highest BCUT2D eigenvalue weighted by atomic mass is 16.5. The van der Waals surface area contributed by atoms with E-state index in [1.54, 1.807) is 25.7 Å². The first kappa shape index (κ1) is 19.8. The van der Waals surface area contributed by atoms with Crippen LogP contribution in [-0.4, -0.2) is 55.0 Å². The van der Waals surface area contributed by atoms with E-state index in [0.29, 0.717) is 12.6 Å². The number of hydrogen-bond donors (Lipinski definition) is 0. The Balaban J connectivity index is 1.73. The minimum Gasteiger partial charge on any atom is -0.497 e. The normalized spacial score (nSPS) is 26.3. The summed E-state index contributed by atoms with van der Waals surface area (Å²) in [6.45, 7) is 6.11. The SMILES string of the molecule is CCN(C(=O)/C=C/c1ccoc1)[C@H]1C2Cc3ccc(OC)cc3[C@@]1(C)CCN2C. The fourth-order valence-corrected chi connectivity index (χ4v) is 5.24. The lowest BCUT2D eigenvalue weighted by molar-refractivity contribution is -0.133. The molecule has 1 aliphatic heterocycles. The molecule has 2 heterocycles. The van der Waals surface area contributed by atoms with Gasteiger partial charge in [0.25, 0.3) is 0 Å². The monoisotopic (exact) mass is 394 g/mol. The highest BCUT2D eigenvalue weighted by molar-refractivity contribution is 5.92. The van der Waals surface area contributed by atoms with Crippen LogP contribution in [0.1, 0.15) is 37.0 Å². The molecule has 1 amide bonds. The molecule has 4 rings (SSSR count). The summed E-state index contributed by atoms with van der Waals surface area (Å²) in [7, 11) is 3.90. The summed E-state index contributed by atoms with van der Waals surface area (Å²) in [4.78, 5) is 17.7. The average Bonchev–Trinajstić information content (AvgIpc) is 3.25. The van der Waals surface area contributed by atoms with E-state index in [2.05, 4.69) is 48.9 Å². The summed E-state index contributed by atoms with van der Waals surface area (Å²) in [6, 6.07) is 8.71. The van der Waals surface area contributed by atoms with Gasteiger partial charge in [-0.05, 0) is 68.8 Å². The van der Waals surface area contributed by atoms with Crippen LogP contribution in [0, 0.1) is 0 Å². The number of amides is 1. The number of nitrogens with zero attached hydrogens (tertiary/aromatic N) is 2. The molecular weight excluding hydrogens is 364 g/mol. The second kappa shape index (κ2) is 7.71. The first-order valence-electron chi connectivity index (χ1n) is 10.4. The lowest BCUT2D eigenvalue weighted by Gasteiger charge is -2.57. The van der Waals surface area contributed by atoms with Gasteiger partial charge in [0.1, 0.15) is 5.75 Å². The van der Waals surface area contributed by atoms with Crippen molar-refractivity contribution in [3.63, 3.8) is 0 Å². The van der Waals surface area contributed by atoms with E-state index >= 15 is 0 Å². The van der Waals surface area contributed by atoms with Crippen LogP contribution in [0.3, 0.4) is 0 Å². The molecule has 3 atom stereocenters. The zero-order valence-electron chi connectivity index (χ0n) is 17.7. The number of likely N-dealkylation sites (N-methyl/N-ethyl adjacent to an activating group) is 2. The Bertz CT molecular complexity index is 905. The third-order valence-corrected chi connectivity index (χ3v) is 6.85. The van der Waals surface area contributed by atoms with Crippen molar-refractivity contribution in [1.82, 2.24) is 9.80 Å². The summed E-state index contributed by atoms with van der Waals surface area (Å²) < 4.78 is 10.6. The Morgan fingerprint density at radius 2 is 2.24 bits per heavy atom. The molecule has 5 heteroatoms. The summed E-state index contributed by atoms with van der Waals surface area (Å²) >= 11 is 0. The molecule has 2 aliphatic rings. The second-order valence-electron chi connectivity index (χ2n) is 8.40. The lowest BCUT2D eigenvalue weighted by atomic mass is 9.61. The van der Waals surface area contributed by atoms with Crippen LogP contribution in [-0.2, 0) is 16.6 Å². The number of carbonyl (C=O) groups is 1. The van der Waals surface area contributed by atoms with Crippen LogP contribution in [0.15, 0.2) is 47.3 Å². The number of rotatable bonds is 5. The smallest absolute Gasteiger partial charge is 0.246 e. The molecule has 1 aliphatic carbocycles. The van der Waals surface area contributed by atoms with Gasteiger partial charge in [0.15, 0.2) is 0 Å². The van der Waals surface area contributed by atoms with E-state index in [1.165, 1.54) is 11.1 Å². The molecule has 1 fully saturated rings. The third-order valence-electron chi connectivity index (χ3n) is 6.85. The summed E-state index contributed by atoms with van der Waals surface area (Å²) in [5.41, 5.74) is 3.50. The lowest BCUT2D eigenvalue weighted by Crippen LogP contribution is -2.67. The van der Waals surface area contributed by atoms with Crippen LogP contribution in [0.4, 0.5) is 0 Å². The summed E-state index contributed by atoms with van der Waals surface area (Å²) in [5, 5.41) is 0. The van der Waals surface area contributed by atoms with E-state index in [1.807, 2.05) is 12.1 Å². The largest absolute Gasteiger partial charge is 0.497 e. The van der Waals surface area contributed by atoms with Gasteiger partial charge in [-0.1, -0.05) is 13.0 Å². The molecule has 0 saturated carbocycles. The van der Waals surface area contributed by atoms with Crippen LogP contribution >= 0.6 is 0 Å². The van der Waals surface area contributed by atoms with Gasteiger partial charge in [-0.15, -0.1) is 0 Å². The van der Waals surface area contributed by atoms with Crippen molar-refractivity contribution in [2.24, 2.45) is 0 Å². The third kappa shape index (κ3) is 3.38. The van der Waals surface area contributed by atoms with Crippen molar-refractivity contribution >= 4 is 12.0 Å². The maximum absolute atomic E-state index is 13.2. The molecule has 154 valence electrons. The molecule has 0 N–H and O–H groups in total. The van der Waals surface area contributed by atoms with Crippen molar-refractivity contribution in [1.29, 1.82) is 0 Å². The highest BCUT2D eigenvalue weighted by Crippen LogP contribution is 2.47. The predicted molar refractivity (Wildman–Crippen MR) is 114 cm³/mol. The van der Waals surface area contributed by atoms with Gasteiger partial charge in [0, 0.05) is 29.6 Å². The predicted octanol–water partition coefficient (Wildman–Crippen LogP) is 3.74. The molecule has 1 aromatic heterocycles. The zero-order chi connectivity index (χ0) is 20.6. The Morgan fingerprint density at radius 1 is 1.41 bits per heavy atom. The van der Waals surface area contributed by atoms with Crippen LogP contribution in [0.5, 0.6) is 5.75 Å². The number of ether oxygens (including phenoxy) is 1. The van der Waals surface area contributed by atoms with Gasteiger partial charge in [-0.3, -0.25) is 4.79 Å². The number of furan rings is 1. The standard InChI is InChI=1S/C24H30N2O3/c1-5-26(22(27)9-6-17-10-13-29-16-17)23-21-14-18-7-8-19(28-4)15-20(18)24(23,2)11-12-25(21)3/h6-10,13,15-16,21,23H,5,11-12,14H2,1-4H3/b9-6+/t21?,23-,24+/m0/s1. The maximum atomic E-state index is 13.2. The quantitative estimate of drug-likeness (QED) is 0.725. The van der Waals surface area contributed by atoms with Crippen molar-refractivity contribution in [3.05, 3.63) is 59.6 Å². The van der Waals surface area contributed by atoms with Crippen molar-refractivity contribution in [2.45, 2.75) is 44.2 Å². The van der Waals surface area contributed by atoms with Crippen molar-refractivity contribution < 1.29 is 13.9 Å². The minimum absolute atomic E-state index is 0.0524. The molecule has 1 saturated heterocycles. The zero-order valence-corrected chi connectivity index (χ0v) is 17.7. The van der Waals surface area contributed by atoms with Gasteiger partial charge < -0.3 is 19.0 Å². The van der Waals surface area contributed by atoms with E-state index < -0.39 is 0 Å². The second-order valence-corrected chi connectivity index (χ2v) is 8.40. The molecule has 29 heavy (non-hydrogen) atoms. The Morgan fingerprint density at radius 3 is 2.93 bits per heavy atom. The molecule has 5 nitrogen and oxygen atoms in total.